The van der Waals surface area contributed by atoms with Crippen LogP contribution in [0.3, 0.4) is 0 Å². The largest absolute Gasteiger partial charge is 0.491 e. The molecule has 3 N–H and O–H groups in total. The van der Waals surface area contributed by atoms with Crippen LogP contribution in [0.5, 0.6) is 5.75 Å². The molecule has 5 nitrogen and oxygen atoms in total. The Bertz CT molecular complexity index is 439. The quantitative estimate of drug-likeness (QED) is 0.396. The van der Waals surface area contributed by atoms with Gasteiger partial charge in [-0.05, 0) is 37.5 Å². The van der Waals surface area contributed by atoms with Gasteiger partial charge in [0.25, 0.3) is 0 Å². The van der Waals surface area contributed by atoms with Crippen molar-refractivity contribution in [1.29, 1.82) is 0 Å². The van der Waals surface area contributed by atoms with Gasteiger partial charge in [0.15, 0.2) is 11.6 Å². The average molecular weight is 330 g/mol. The molecular formula is C17H29FNO4+. The Kier molecular flexibility index (Phi) is 9.09. The van der Waals surface area contributed by atoms with Crippen molar-refractivity contribution < 1.29 is 28.9 Å². The van der Waals surface area contributed by atoms with Gasteiger partial charge >= 0.3 is 0 Å². The van der Waals surface area contributed by atoms with E-state index in [9.17, 15) is 19.7 Å². The van der Waals surface area contributed by atoms with E-state index in [-0.39, 0.29) is 31.4 Å². The summed E-state index contributed by atoms with van der Waals surface area (Å²) >= 11 is 0. The van der Waals surface area contributed by atoms with Crippen LogP contribution in [0.15, 0.2) is 18.2 Å². The van der Waals surface area contributed by atoms with Gasteiger partial charge in [-0.2, -0.15) is 0 Å². The lowest BCUT2D eigenvalue weighted by atomic mass is 10.2. The zero-order chi connectivity index (χ0) is 17.1. The van der Waals surface area contributed by atoms with Gasteiger partial charge in [-0.3, -0.25) is 0 Å². The molecule has 23 heavy (non-hydrogen) atoms. The van der Waals surface area contributed by atoms with E-state index in [0.29, 0.717) is 30.7 Å². The van der Waals surface area contributed by atoms with Crippen LogP contribution in [0.4, 0.5) is 4.39 Å². The van der Waals surface area contributed by atoms with Crippen molar-refractivity contribution in [3.05, 3.63) is 29.6 Å². The number of aliphatic hydroxyl groups is 3. The number of aryl methyl sites for hydroxylation is 1. The van der Waals surface area contributed by atoms with Gasteiger partial charge in [0.05, 0.1) is 33.0 Å². The van der Waals surface area contributed by atoms with Crippen molar-refractivity contribution in [3.63, 3.8) is 0 Å². The van der Waals surface area contributed by atoms with E-state index in [2.05, 4.69) is 0 Å². The van der Waals surface area contributed by atoms with Crippen LogP contribution >= 0.6 is 0 Å². The zero-order valence-electron chi connectivity index (χ0n) is 13.9. The minimum absolute atomic E-state index is 0.0189. The van der Waals surface area contributed by atoms with E-state index < -0.39 is 0 Å². The van der Waals surface area contributed by atoms with Crippen LogP contribution in [0.2, 0.25) is 0 Å². The molecule has 1 rings (SSSR count). The van der Waals surface area contributed by atoms with Crippen LogP contribution in [-0.4, -0.2) is 72.4 Å². The second kappa shape index (κ2) is 10.5. The lowest BCUT2D eigenvalue weighted by molar-refractivity contribution is -0.929. The number of halogens is 1. The van der Waals surface area contributed by atoms with Gasteiger partial charge in [0.2, 0.25) is 0 Å². The van der Waals surface area contributed by atoms with Gasteiger partial charge in [0, 0.05) is 0 Å². The Balaban J connectivity index is 2.40. The normalized spacial score (nSPS) is 11.7. The Labute approximate surface area is 137 Å². The smallest absolute Gasteiger partial charge is 0.165 e. The van der Waals surface area contributed by atoms with Crippen LogP contribution < -0.4 is 4.74 Å². The molecule has 0 radical (unpaired) electrons. The summed E-state index contributed by atoms with van der Waals surface area (Å²) in [5.74, 6) is -0.0894. The molecule has 0 aliphatic carbocycles. The van der Waals surface area contributed by atoms with E-state index in [0.717, 1.165) is 24.9 Å². The van der Waals surface area contributed by atoms with Crippen molar-refractivity contribution >= 4 is 0 Å². The molecule has 0 fully saturated rings. The number of nitrogens with zero attached hydrogens (tertiary/aromatic N) is 1. The number of unbranched alkanes of at least 4 members (excludes halogenated alkanes) is 1. The number of quaternary nitrogens is 1. The number of benzene rings is 1. The molecule has 0 bridgehead atoms. The average Bonchev–Trinajstić information content (AvgIpc) is 2.50. The summed E-state index contributed by atoms with van der Waals surface area (Å²) in [4.78, 5) is 0. The minimum Gasteiger partial charge on any atom is -0.491 e. The van der Waals surface area contributed by atoms with Gasteiger partial charge < -0.3 is 24.5 Å². The Morgan fingerprint density at radius 1 is 0.957 bits per heavy atom. The van der Waals surface area contributed by atoms with Crippen LogP contribution in [-0.2, 0) is 0 Å². The molecule has 0 atom stereocenters. The van der Waals surface area contributed by atoms with Gasteiger partial charge in [0.1, 0.15) is 19.6 Å². The molecule has 6 heteroatoms. The second-order valence-electron chi connectivity index (χ2n) is 5.90. The predicted octanol–water partition coefficient (Wildman–Crippen LogP) is 1.09. The van der Waals surface area contributed by atoms with Gasteiger partial charge in [-0.15, -0.1) is 0 Å². The first-order valence-electron chi connectivity index (χ1n) is 8.13. The molecule has 132 valence electrons. The fourth-order valence-electron chi connectivity index (χ4n) is 2.76. The van der Waals surface area contributed by atoms with Crippen LogP contribution in [0.25, 0.3) is 0 Å². The Morgan fingerprint density at radius 3 is 2.09 bits per heavy atom. The molecule has 0 aliphatic heterocycles. The molecule has 0 aliphatic rings. The highest BCUT2D eigenvalue weighted by atomic mass is 19.1. The summed E-state index contributed by atoms with van der Waals surface area (Å²) in [6, 6.07) is 4.89. The predicted molar refractivity (Wildman–Crippen MR) is 86.9 cm³/mol. The summed E-state index contributed by atoms with van der Waals surface area (Å²) in [5.41, 5.74) is 0.856. The molecule has 1 aromatic rings. The molecule has 1 aromatic carbocycles. The number of aliphatic hydroxyl groups excluding tert-OH is 3. The molecule has 0 saturated heterocycles. The summed E-state index contributed by atoms with van der Waals surface area (Å²) in [6.45, 7) is 4.56. The maximum atomic E-state index is 13.6. The highest BCUT2D eigenvalue weighted by Gasteiger charge is 2.25. The third kappa shape index (κ3) is 6.83. The third-order valence-corrected chi connectivity index (χ3v) is 4.09. The lowest BCUT2D eigenvalue weighted by Crippen LogP contribution is -2.53. The number of rotatable bonds is 12. The number of hydrogen-bond acceptors (Lipinski definition) is 4. The van der Waals surface area contributed by atoms with Crippen LogP contribution in [0, 0.1) is 12.7 Å². The molecular weight excluding hydrogens is 301 g/mol. The van der Waals surface area contributed by atoms with E-state index in [1.807, 2.05) is 13.0 Å². The van der Waals surface area contributed by atoms with E-state index >= 15 is 0 Å². The first-order valence-corrected chi connectivity index (χ1v) is 8.13. The SMILES string of the molecule is Cc1ccc(OCCCC[N+](CCO)(CCO)CCO)c(F)c1. The molecule has 0 unspecified atom stereocenters. The summed E-state index contributed by atoms with van der Waals surface area (Å²) in [6.07, 6.45) is 1.56. The van der Waals surface area contributed by atoms with Gasteiger partial charge in [-0.1, -0.05) is 6.07 Å². The van der Waals surface area contributed by atoms with E-state index in [1.54, 1.807) is 6.07 Å². The lowest BCUT2D eigenvalue weighted by Gasteiger charge is -2.37. The number of hydrogen-bond donors (Lipinski definition) is 3. The summed E-state index contributed by atoms with van der Waals surface area (Å²) in [5, 5.41) is 27.6. The maximum absolute atomic E-state index is 13.6. The first-order chi connectivity index (χ1) is 11.1. The Hall–Kier alpha value is -1.21. The van der Waals surface area contributed by atoms with Crippen molar-refractivity contribution in [3.8, 4) is 5.75 Å². The molecule has 0 aromatic heterocycles. The standard InChI is InChI=1S/C17H29FNO4/c1-15-4-5-17(16(18)14-15)23-13-3-2-6-19(7-10-20,8-11-21)9-12-22/h4-5,14,20-22H,2-3,6-13H2,1H3/q+1. The number of ether oxygens (including phenoxy) is 1. The monoisotopic (exact) mass is 330 g/mol. The second-order valence-corrected chi connectivity index (χ2v) is 5.90. The van der Waals surface area contributed by atoms with Gasteiger partial charge in [-0.25, -0.2) is 4.39 Å². The Morgan fingerprint density at radius 2 is 1.57 bits per heavy atom. The van der Waals surface area contributed by atoms with Crippen molar-refractivity contribution in [1.82, 2.24) is 0 Å². The maximum Gasteiger partial charge on any atom is 0.165 e. The third-order valence-electron chi connectivity index (χ3n) is 4.09. The van der Waals surface area contributed by atoms with E-state index in [1.165, 1.54) is 6.07 Å². The molecule has 0 heterocycles. The summed E-state index contributed by atoms with van der Waals surface area (Å²) in [7, 11) is 0. The topological polar surface area (TPSA) is 69.9 Å². The zero-order valence-corrected chi connectivity index (χ0v) is 13.9. The first kappa shape index (κ1) is 19.8. The minimum atomic E-state index is -0.351. The van der Waals surface area contributed by atoms with Crippen LogP contribution in [0.1, 0.15) is 18.4 Å². The molecule has 0 spiro atoms. The highest BCUT2D eigenvalue weighted by Crippen LogP contribution is 2.18. The summed E-state index contributed by atoms with van der Waals surface area (Å²) < 4.78 is 19.6. The van der Waals surface area contributed by atoms with Crippen molar-refractivity contribution in [2.45, 2.75) is 19.8 Å². The fourth-order valence-corrected chi connectivity index (χ4v) is 2.76. The van der Waals surface area contributed by atoms with Crippen molar-refractivity contribution in [2.75, 3.05) is 52.6 Å². The molecule has 0 amide bonds. The van der Waals surface area contributed by atoms with Crippen molar-refractivity contribution in [2.24, 2.45) is 0 Å². The fraction of sp³-hybridized carbons (Fsp3) is 0.647. The van der Waals surface area contributed by atoms with E-state index in [4.69, 9.17) is 4.74 Å². The molecule has 0 saturated carbocycles. The highest BCUT2D eigenvalue weighted by molar-refractivity contribution is 5.28.